The van der Waals surface area contributed by atoms with E-state index in [2.05, 4.69) is 26.6 Å². The molecule has 0 aromatic heterocycles. The number of rotatable bonds is 20. The second-order valence-corrected chi connectivity index (χ2v) is 14.4. The van der Waals surface area contributed by atoms with Crippen molar-refractivity contribution in [3.05, 3.63) is 77.4 Å². The van der Waals surface area contributed by atoms with Gasteiger partial charge in [0, 0.05) is 36.7 Å². The van der Waals surface area contributed by atoms with Crippen LogP contribution in [0.3, 0.4) is 0 Å². The molecule has 15 heteroatoms. The first-order valence-corrected chi connectivity index (χ1v) is 18.3. The van der Waals surface area contributed by atoms with Crippen molar-refractivity contribution in [2.24, 2.45) is 11.3 Å². The van der Waals surface area contributed by atoms with Crippen LogP contribution in [0.1, 0.15) is 57.7 Å². The number of carbonyl (C=O) groups excluding carboxylic acids is 4. The molecule has 0 fully saturated rings. The molecule has 2 atom stereocenters. The highest BCUT2D eigenvalue weighted by Gasteiger charge is 2.57. The van der Waals surface area contributed by atoms with Crippen LogP contribution in [0.4, 0.5) is 4.79 Å². The number of amides is 4. The number of alkyl carbamates (subject to hydrolysis) is 1. The summed E-state index contributed by atoms with van der Waals surface area (Å²) in [7, 11) is 6.09. The minimum absolute atomic E-state index is 0.0453. The fourth-order valence-corrected chi connectivity index (χ4v) is 5.91. The molecule has 15 nitrogen and oxygen atoms in total. The van der Waals surface area contributed by atoms with Gasteiger partial charge < -0.3 is 50.1 Å². The van der Waals surface area contributed by atoms with Gasteiger partial charge in [-0.25, -0.2) is 4.79 Å². The summed E-state index contributed by atoms with van der Waals surface area (Å²) >= 11 is 0. The second-order valence-electron chi connectivity index (χ2n) is 14.4. The number of aromatic hydroxyl groups is 1. The van der Waals surface area contributed by atoms with Crippen LogP contribution in [0.25, 0.3) is 0 Å². The molecular weight excluding hydrogens is 722 g/mol. The maximum atomic E-state index is 14.5. The van der Waals surface area contributed by atoms with Crippen LogP contribution in [-0.2, 0) is 38.8 Å². The molecule has 3 rings (SSSR count). The van der Waals surface area contributed by atoms with Crippen LogP contribution in [0.5, 0.6) is 28.7 Å². The van der Waals surface area contributed by atoms with Crippen molar-refractivity contribution in [2.45, 2.75) is 72.3 Å². The van der Waals surface area contributed by atoms with Crippen LogP contribution in [0.15, 0.2) is 60.7 Å². The second kappa shape index (κ2) is 20.8. The van der Waals surface area contributed by atoms with Gasteiger partial charge in [-0.05, 0) is 54.3 Å². The van der Waals surface area contributed by atoms with Crippen molar-refractivity contribution in [3.8, 4) is 28.7 Å². The molecule has 3 aromatic rings. The number of phenolic OH excluding ortho intramolecular Hbond substituents is 1. The third kappa shape index (κ3) is 11.7. The van der Waals surface area contributed by atoms with E-state index in [4.69, 9.17) is 23.7 Å². The smallest absolute Gasteiger partial charge is 0.408 e. The third-order valence-electron chi connectivity index (χ3n) is 9.16. The highest BCUT2D eigenvalue weighted by Crippen LogP contribution is 2.38. The standard InChI is InChI=1S/C41H57N5O10/c1-26(2)34(36(48)44-24-29-16-17-30(52-6)22-31(29)47)45-38(50)41(40(3,4)5,46-39(51)56-25-27-14-11-10-12-15-27)37(49)43-19-13-18-42-23-28-20-32(53-7)35(55-9)33(21-28)54-8/h10-12,14-17,20-22,26,34,42,47H,13,18-19,23-25H2,1-9H3,(H,43,49)(H,44,48)(H,45,50)(H,46,51)/t34-,41?/m0/s1. The lowest BCUT2D eigenvalue weighted by Gasteiger charge is -2.42. The lowest BCUT2D eigenvalue weighted by molar-refractivity contribution is -0.146. The fraction of sp³-hybridized carbons (Fsp3) is 0.463. The first kappa shape index (κ1) is 44.7. The Morgan fingerprint density at radius 1 is 0.750 bits per heavy atom. The van der Waals surface area contributed by atoms with Crippen LogP contribution in [-0.4, -0.2) is 82.0 Å². The van der Waals surface area contributed by atoms with E-state index in [0.29, 0.717) is 53.6 Å². The third-order valence-corrected chi connectivity index (χ3v) is 9.16. The quantitative estimate of drug-likeness (QED) is 0.0712. The Balaban J connectivity index is 1.79. The zero-order chi connectivity index (χ0) is 41.5. The van der Waals surface area contributed by atoms with E-state index in [-0.39, 0.29) is 25.4 Å². The number of phenols is 1. The van der Waals surface area contributed by atoms with Gasteiger partial charge in [-0.1, -0.05) is 65.0 Å². The van der Waals surface area contributed by atoms with Crippen LogP contribution >= 0.6 is 0 Å². The Kier molecular flexibility index (Phi) is 16.6. The molecule has 3 aromatic carbocycles. The zero-order valence-corrected chi connectivity index (χ0v) is 33.8. The van der Waals surface area contributed by atoms with E-state index in [0.717, 1.165) is 5.56 Å². The highest BCUT2D eigenvalue weighted by molar-refractivity contribution is 6.13. The van der Waals surface area contributed by atoms with Crippen molar-refractivity contribution in [1.29, 1.82) is 0 Å². The van der Waals surface area contributed by atoms with Crippen LogP contribution in [0.2, 0.25) is 0 Å². The molecule has 0 radical (unpaired) electrons. The van der Waals surface area contributed by atoms with Crippen molar-refractivity contribution in [3.63, 3.8) is 0 Å². The number of nitrogens with one attached hydrogen (secondary N) is 5. The molecule has 6 N–H and O–H groups in total. The van der Waals surface area contributed by atoms with E-state index in [1.54, 1.807) is 85.2 Å². The zero-order valence-electron chi connectivity index (χ0n) is 33.8. The van der Waals surface area contributed by atoms with E-state index in [1.165, 1.54) is 20.3 Å². The summed E-state index contributed by atoms with van der Waals surface area (Å²) in [4.78, 5) is 55.8. The van der Waals surface area contributed by atoms with E-state index >= 15 is 0 Å². The van der Waals surface area contributed by atoms with Gasteiger partial charge in [0.15, 0.2) is 11.5 Å². The summed E-state index contributed by atoms with van der Waals surface area (Å²) in [6.07, 6.45) is -0.535. The first-order chi connectivity index (χ1) is 26.6. The molecule has 0 saturated heterocycles. The molecule has 0 aliphatic rings. The van der Waals surface area contributed by atoms with Gasteiger partial charge >= 0.3 is 6.09 Å². The average molecular weight is 780 g/mol. The highest BCUT2D eigenvalue weighted by atomic mass is 16.5. The Labute approximate surface area is 329 Å². The summed E-state index contributed by atoms with van der Waals surface area (Å²) in [6.45, 7) is 9.33. The SMILES string of the molecule is COc1ccc(CNC(=O)[C@@H](NC(=O)C(NC(=O)OCc2ccccc2)(C(=O)NCCCNCc2cc(OC)c(OC)c(OC)c2)C(C)(C)C)C(C)C)c(O)c1. The van der Waals surface area contributed by atoms with Crippen molar-refractivity contribution < 1.29 is 48.0 Å². The first-order valence-electron chi connectivity index (χ1n) is 18.3. The molecule has 0 saturated carbocycles. The summed E-state index contributed by atoms with van der Waals surface area (Å²) in [5, 5.41) is 24.6. The topological polar surface area (TPSA) is 195 Å². The van der Waals surface area contributed by atoms with Gasteiger partial charge in [0.2, 0.25) is 17.2 Å². The maximum Gasteiger partial charge on any atom is 0.408 e. The minimum Gasteiger partial charge on any atom is -0.507 e. The number of hydrogen-bond donors (Lipinski definition) is 6. The molecule has 1 unspecified atom stereocenters. The number of carbonyl (C=O) groups is 4. The summed E-state index contributed by atoms with van der Waals surface area (Å²) in [5.74, 6) is -0.776. The number of methoxy groups -OCH3 is 4. The average Bonchev–Trinajstić information content (AvgIpc) is 3.17. The molecule has 0 aliphatic carbocycles. The van der Waals surface area contributed by atoms with Crippen molar-refractivity contribution in [1.82, 2.24) is 26.6 Å². The fourth-order valence-electron chi connectivity index (χ4n) is 5.91. The molecule has 0 heterocycles. The molecular formula is C41H57N5O10. The van der Waals surface area contributed by atoms with Gasteiger partial charge in [0.05, 0.1) is 28.4 Å². The Morgan fingerprint density at radius 3 is 1.96 bits per heavy atom. The van der Waals surface area contributed by atoms with Gasteiger partial charge in [-0.3, -0.25) is 19.7 Å². The molecule has 0 spiro atoms. The molecule has 0 bridgehead atoms. The van der Waals surface area contributed by atoms with Gasteiger partial charge in [0.25, 0.3) is 11.8 Å². The molecule has 56 heavy (non-hydrogen) atoms. The number of benzene rings is 3. The molecule has 4 amide bonds. The summed E-state index contributed by atoms with van der Waals surface area (Å²) in [6, 6.07) is 16.2. The van der Waals surface area contributed by atoms with Crippen molar-refractivity contribution >= 4 is 23.8 Å². The van der Waals surface area contributed by atoms with Crippen LogP contribution in [0, 0.1) is 11.3 Å². The van der Waals surface area contributed by atoms with E-state index in [1.807, 2.05) is 18.2 Å². The summed E-state index contributed by atoms with van der Waals surface area (Å²) < 4.78 is 26.9. The van der Waals surface area contributed by atoms with E-state index < -0.39 is 46.7 Å². The lowest BCUT2D eigenvalue weighted by Crippen LogP contribution is -2.74. The Hall–Kier alpha value is -5.70. The maximum absolute atomic E-state index is 14.5. The van der Waals surface area contributed by atoms with Gasteiger partial charge in [0.1, 0.15) is 24.1 Å². The number of hydrogen-bond acceptors (Lipinski definition) is 11. The van der Waals surface area contributed by atoms with Crippen LogP contribution < -0.4 is 45.5 Å². The Bertz CT molecular complexity index is 1750. The predicted molar refractivity (Wildman–Crippen MR) is 211 cm³/mol. The van der Waals surface area contributed by atoms with Gasteiger partial charge in [-0.15, -0.1) is 0 Å². The van der Waals surface area contributed by atoms with Gasteiger partial charge in [-0.2, -0.15) is 0 Å². The largest absolute Gasteiger partial charge is 0.507 e. The predicted octanol–water partition coefficient (Wildman–Crippen LogP) is 4.19. The van der Waals surface area contributed by atoms with Crippen molar-refractivity contribution in [2.75, 3.05) is 41.5 Å². The number of ether oxygens (including phenoxy) is 5. The minimum atomic E-state index is -2.23. The monoisotopic (exact) mass is 779 g/mol. The summed E-state index contributed by atoms with van der Waals surface area (Å²) in [5.41, 5.74) is -1.44. The Morgan fingerprint density at radius 2 is 1.41 bits per heavy atom. The lowest BCUT2D eigenvalue weighted by atomic mass is 9.71. The normalized spacial score (nSPS) is 12.8. The molecule has 306 valence electrons. The van der Waals surface area contributed by atoms with E-state index in [9.17, 15) is 24.3 Å². The molecule has 0 aliphatic heterocycles.